The van der Waals surface area contributed by atoms with Crippen LogP contribution in [0, 0.1) is 0 Å². The summed E-state index contributed by atoms with van der Waals surface area (Å²) in [6.45, 7) is 6.26. The maximum Gasteiger partial charge on any atom is 0.211 e. The molecule has 2 N–H and O–H groups in total. The van der Waals surface area contributed by atoms with Gasteiger partial charge in [-0.1, -0.05) is 32.1 Å². The zero-order valence-corrected chi connectivity index (χ0v) is 10.6. The molecule has 78 valence electrons. The summed E-state index contributed by atoms with van der Waals surface area (Å²) < 4.78 is 0.982. The molecule has 0 spiro atoms. The largest absolute Gasteiger partial charge is 0.290 e. The van der Waals surface area contributed by atoms with E-state index in [1.54, 1.807) is 0 Å². The highest BCUT2D eigenvalue weighted by Gasteiger charge is 2.21. The van der Waals surface area contributed by atoms with E-state index in [2.05, 4.69) is 46.7 Å². The molecule has 0 bridgehead atoms. The van der Waals surface area contributed by atoms with Gasteiger partial charge in [0.05, 0.1) is 9.48 Å². The lowest BCUT2D eigenvalue weighted by Gasteiger charge is -2.15. The third-order valence-corrected chi connectivity index (χ3v) is 3.13. The minimum absolute atomic E-state index is 0.00422. The molecule has 0 aliphatic carbocycles. The Morgan fingerprint density at radius 3 is 2.64 bits per heavy atom. The summed E-state index contributed by atoms with van der Waals surface area (Å²) in [6.07, 6.45) is 1.19. The number of hydroxylamine groups is 1. The average Bonchev–Trinajstić information content (AvgIpc) is 2.42. The quantitative estimate of drug-likeness (QED) is 0.497. The highest BCUT2D eigenvalue weighted by Crippen LogP contribution is 2.36. The van der Waals surface area contributed by atoms with Crippen LogP contribution >= 0.6 is 27.3 Å². The van der Waals surface area contributed by atoms with E-state index in [9.17, 15) is 0 Å². The van der Waals surface area contributed by atoms with Crippen molar-refractivity contribution >= 4 is 38.7 Å². The molecule has 1 heterocycles. The molecule has 0 saturated heterocycles. The number of halogens is 1. The van der Waals surface area contributed by atoms with Crippen molar-refractivity contribution in [2.75, 3.05) is 0 Å². The smallest absolute Gasteiger partial charge is 0.211 e. The molecule has 4 nitrogen and oxygen atoms in total. The van der Waals surface area contributed by atoms with E-state index in [4.69, 9.17) is 5.21 Å². The first-order valence-electron chi connectivity index (χ1n) is 4.04. The Hall–Kier alpha value is -0.460. The van der Waals surface area contributed by atoms with Crippen LogP contribution in [0.2, 0.25) is 0 Å². The van der Waals surface area contributed by atoms with Crippen LogP contribution in [0.1, 0.15) is 26.5 Å². The summed E-state index contributed by atoms with van der Waals surface area (Å²) in [5, 5.41) is 8.94. The lowest BCUT2D eigenvalue weighted by molar-refractivity contribution is 0.240. The summed E-state index contributed by atoms with van der Waals surface area (Å²) >= 11 is 4.88. The summed E-state index contributed by atoms with van der Waals surface area (Å²) in [6, 6.07) is 0. The fourth-order valence-electron chi connectivity index (χ4n) is 0.893. The molecular formula is C8H12BrN3OS. The van der Waals surface area contributed by atoms with Crippen molar-refractivity contribution in [1.82, 2.24) is 10.5 Å². The Labute approximate surface area is 95.2 Å². The molecule has 1 rings (SSSR count). The third-order valence-electron chi connectivity index (χ3n) is 1.52. The minimum Gasteiger partial charge on any atom is -0.290 e. The van der Waals surface area contributed by atoms with E-state index >= 15 is 0 Å². The van der Waals surface area contributed by atoms with Crippen molar-refractivity contribution in [2.45, 2.75) is 26.2 Å². The summed E-state index contributed by atoms with van der Waals surface area (Å²) in [5.41, 5.74) is 2.82. The first kappa shape index (κ1) is 11.6. The van der Waals surface area contributed by atoms with E-state index in [0.717, 1.165) is 9.48 Å². The van der Waals surface area contributed by atoms with Crippen molar-refractivity contribution in [3.8, 4) is 0 Å². The maximum absolute atomic E-state index is 8.33. The van der Waals surface area contributed by atoms with Gasteiger partial charge < -0.3 is 0 Å². The molecule has 0 unspecified atom stereocenters. The van der Waals surface area contributed by atoms with Crippen LogP contribution < -0.4 is 5.48 Å². The van der Waals surface area contributed by atoms with Crippen LogP contribution in [0.3, 0.4) is 0 Å². The summed E-state index contributed by atoms with van der Waals surface area (Å²) in [7, 11) is 0. The number of aliphatic imine (C=N–C) groups is 1. The SMILES string of the molecule is CC(C)(C)c1nc(/N=C/NO)sc1Br. The highest BCUT2D eigenvalue weighted by atomic mass is 79.9. The van der Waals surface area contributed by atoms with Gasteiger partial charge in [0, 0.05) is 5.41 Å². The van der Waals surface area contributed by atoms with Gasteiger partial charge in [0.15, 0.2) is 0 Å². The number of thiazole rings is 1. The van der Waals surface area contributed by atoms with Crippen molar-refractivity contribution in [2.24, 2.45) is 4.99 Å². The van der Waals surface area contributed by atoms with Crippen molar-refractivity contribution < 1.29 is 5.21 Å². The first-order valence-corrected chi connectivity index (χ1v) is 5.65. The Morgan fingerprint density at radius 1 is 1.57 bits per heavy atom. The standard InChI is InChI=1S/C8H12BrN3OS/c1-8(2,3)5-6(9)14-7(12-5)10-4-11-13/h4,13H,1-3H3,(H,10,11,12). The highest BCUT2D eigenvalue weighted by molar-refractivity contribution is 9.11. The van der Waals surface area contributed by atoms with Gasteiger partial charge in [-0.15, -0.1) is 0 Å². The summed E-state index contributed by atoms with van der Waals surface area (Å²) in [5.74, 6) is 0. The van der Waals surface area contributed by atoms with E-state index in [-0.39, 0.29) is 5.41 Å². The van der Waals surface area contributed by atoms with Crippen LogP contribution in [-0.4, -0.2) is 16.5 Å². The van der Waals surface area contributed by atoms with Crippen molar-refractivity contribution in [3.05, 3.63) is 9.48 Å². The van der Waals surface area contributed by atoms with Crippen LogP contribution in [0.25, 0.3) is 0 Å². The zero-order chi connectivity index (χ0) is 10.8. The molecule has 6 heteroatoms. The van der Waals surface area contributed by atoms with E-state index < -0.39 is 0 Å². The number of aromatic nitrogens is 1. The molecule has 0 aromatic carbocycles. The van der Waals surface area contributed by atoms with Gasteiger partial charge in [0.1, 0.15) is 6.34 Å². The lowest BCUT2D eigenvalue weighted by Crippen LogP contribution is -2.11. The first-order chi connectivity index (χ1) is 6.45. The van der Waals surface area contributed by atoms with E-state index in [1.165, 1.54) is 17.7 Å². The Morgan fingerprint density at radius 2 is 2.21 bits per heavy atom. The van der Waals surface area contributed by atoms with Gasteiger partial charge in [0.25, 0.3) is 0 Å². The minimum atomic E-state index is -0.00422. The lowest BCUT2D eigenvalue weighted by atomic mass is 9.93. The Bertz CT molecular complexity index is 343. The number of hydrogen-bond donors (Lipinski definition) is 2. The normalized spacial score (nSPS) is 12.4. The van der Waals surface area contributed by atoms with Crippen LogP contribution in [0.5, 0.6) is 0 Å². The molecular weight excluding hydrogens is 266 g/mol. The second kappa shape index (κ2) is 4.37. The Kier molecular flexibility index (Phi) is 3.63. The number of rotatable bonds is 2. The van der Waals surface area contributed by atoms with Crippen LogP contribution in [0.4, 0.5) is 5.13 Å². The van der Waals surface area contributed by atoms with Gasteiger partial charge in [-0.3, -0.25) is 10.7 Å². The third kappa shape index (κ3) is 2.76. The molecule has 0 fully saturated rings. The molecule has 0 saturated carbocycles. The maximum atomic E-state index is 8.33. The molecule has 0 aliphatic heterocycles. The van der Waals surface area contributed by atoms with E-state index in [1.807, 2.05) is 5.48 Å². The molecule has 0 radical (unpaired) electrons. The molecule has 14 heavy (non-hydrogen) atoms. The van der Waals surface area contributed by atoms with Crippen molar-refractivity contribution in [3.63, 3.8) is 0 Å². The van der Waals surface area contributed by atoms with Gasteiger partial charge >= 0.3 is 0 Å². The van der Waals surface area contributed by atoms with Crippen molar-refractivity contribution in [1.29, 1.82) is 0 Å². The molecule has 1 aromatic heterocycles. The number of nitrogens with zero attached hydrogens (tertiary/aromatic N) is 2. The predicted octanol–water partition coefficient (Wildman–Crippen LogP) is 2.84. The average molecular weight is 278 g/mol. The van der Waals surface area contributed by atoms with Gasteiger partial charge in [-0.05, 0) is 15.9 Å². The van der Waals surface area contributed by atoms with E-state index in [0.29, 0.717) is 5.13 Å². The van der Waals surface area contributed by atoms with Crippen LogP contribution in [-0.2, 0) is 5.41 Å². The molecule has 0 amide bonds. The second-order valence-electron chi connectivity index (χ2n) is 3.76. The number of nitrogens with one attached hydrogen (secondary N) is 1. The summed E-state index contributed by atoms with van der Waals surface area (Å²) in [4.78, 5) is 8.25. The molecule has 0 aliphatic rings. The molecule has 0 atom stereocenters. The second-order valence-corrected chi connectivity index (χ2v) is 6.05. The zero-order valence-electron chi connectivity index (χ0n) is 8.21. The predicted molar refractivity (Wildman–Crippen MR) is 61.6 cm³/mol. The Balaban J connectivity index is 2.99. The van der Waals surface area contributed by atoms with Gasteiger partial charge in [-0.2, -0.15) is 0 Å². The topological polar surface area (TPSA) is 57.5 Å². The monoisotopic (exact) mass is 277 g/mol. The molecule has 1 aromatic rings. The van der Waals surface area contributed by atoms with Gasteiger partial charge in [0.2, 0.25) is 5.13 Å². The fourth-order valence-corrected chi connectivity index (χ4v) is 2.86. The van der Waals surface area contributed by atoms with Gasteiger partial charge in [-0.25, -0.2) is 9.98 Å². The fraction of sp³-hybridized carbons (Fsp3) is 0.500. The van der Waals surface area contributed by atoms with Crippen LogP contribution in [0.15, 0.2) is 8.78 Å². The number of hydrogen-bond acceptors (Lipinski definition) is 4.